The molecule has 3 amide bonds. The Morgan fingerprint density at radius 1 is 1.15 bits per heavy atom. The molecule has 1 aromatic heterocycles. The number of amides is 3. The number of nitrogens with one attached hydrogen (secondary N) is 1. The summed E-state index contributed by atoms with van der Waals surface area (Å²) in [7, 11) is 0. The third-order valence-electron chi connectivity index (χ3n) is 4.04. The van der Waals surface area contributed by atoms with E-state index in [4.69, 9.17) is 4.74 Å². The van der Waals surface area contributed by atoms with E-state index in [2.05, 4.69) is 5.32 Å². The zero-order valence-electron chi connectivity index (χ0n) is 14.9. The lowest BCUT2D eigenvalue weighted by Crippen LogP contribution is -2.32. The molecule has 0 fully saturated rings. The first kappa shape index (κ1) is 18.8. The average Bonchev–Trinajstić information content (AvgIpc) is 3.12. The zero-order valence-corrected chi connectivity index (χ0v) is 15.7. The molecule has 27 heavy (non-hydrogen) atoms. The van der Waals surface area contributed by atoms with Gasteiger partial charge in [0.1, 0.15) is 5.00 Å². The van der Waals surface area contributed by atoms with Crippen LogP contribution >= 0.6 is 11.3 Å². The molecule has 0 saturated heterocycles. The molecule has 0 bridgehead atoms. The van der Waals surface area contributed by atoms with E-state index in [1.54, 1.807) is 37.3 Å². The van der Waals surface area contributed by atoms with Gasteiger partial charge < -0.3 is 10.1 Å². The molecule has 1 aliphatic heterocycles. The summed E-state index contributed by atoms with van der Waals surface area (Å²) in [5, 5.41) is 3.08. The number of fused-ring (bicyclic) bond motifs is 1. The number of anilines is 1. The molecular weight excluding hydrogens is 368 g/mol. The van der Waals surface area contributed by atoms with Crippen LogP contribution in [0.1, 0.15) is 49.3 Å². The number of ether oxygens (including phenoxy) is 1. The number of aryl methyl sites for hydroxylation is 1. The average molecular weight is 386 g/mol. The van der Waals surface area contributed by atoms with Gasteiger partial charge in [-0.1, -0.05) is 12.1 Å². The number of benzene rings is 1. The number of esters is 1. The van der Waals surface area contributed by atoms with E-state index < -0.39 is 17.8 Å². The van der Waals surface area contributed by atoms with Crippen molar-refractivity contribution in [3.63, 3.8) is 0 Å². The first-order valence-electron chi connectivity index (χ1n) is 8.45. The summed E-state index contributed by atoms with van der Waals surface area (Å²) < 4.78 is 4.99. The number of nitrogens with zero attached hydrogens (tertiary/aromatic N) is 1. The van der Waals surface area contributed by atoms with E-state index in [0.717, 1.165) is 9.78 Å². The first-order valence-corrected chi connectivity index (χ1v) is 9.26. The second kappa shape index (κ2) is 7.71. The largest absolute Gasteiger partial charge is 0.462 e. The van der Waals surface area contributed by atoms with E-state index in [9.17, 15) is 19.2 Å². The van der Waals surface area contributed by atoms with Crippen LogP contribution in [0.4, 0.5) is 5.00 Å². The molecule has 8 heteroatoms. The predicted octanol–water partition coefficient (Wildman–Crippen LogP) is 2.86. The highest BCUT2D eigenvalue weighted by Gasteiger charge is 2.35. The van der Waals surface area contributed by atoms with Crippen molar-refractivity contribution in [1.82, 2.24) is 4.90 Å². The molecule has 140 valence electrons. The number of rotatable bonds is 6. The highest BCUT2D eigenvalue weighted by molar-refractivity contribution is 7.16. The summed E-state index contributed by atoms with van der Waals surface area (Å²) in [6.07, 6.45) is -0.0648. The summed E-state index contributed by atoms with van der Waals surface area (Å²) >= 11 is 1.27. The maximum Gasteiger partial charge on any atom is 0.341 e. The van der Waals surface area contributed by atoms with Crippen LogP contribution in [-0.4, -0.2) is 41.7 Å². The number of hydrogen-bond acceptors (Lipinski definition) is 6. The van der Waals surface area contributed by atoms with Crippen molar-refractivity contribution in [2.75, 3.05) is 18.5 Å². The van der Waals surface area contributed by atoms with Crippen molar-refractivity contribution >= 4 is 40.0 Å². The molecule has 3 rings (SSSR count). The molecule has 2 heterocycles. The third kappa shape index (κ3) is 3.75. The standard InChI is InChI=1S/C19H18N2O5S/c1-3-26-19(25)14-10-11(2)27-16(14)20-15(22)8-9-21-17(23)12-6-4-5-7-13(12)18(21)24/h4-7,10H,3,8-9H2,1-2H3,(H,20,22). The summed E-state index contributed by atoms with van der Waals surface area (Å²) in [4.78, 5) is 50.8. The highest BCUT2D eigenvalue weighted by atomic mass is 32.1. The van der Waals surface area contributed by atoms with Gasteiger partial charge in [-0.2, -0.15) is 0 Å². The molecule has 1 N–H and O–H groups in total. The van der Waals surface area contributed by atoms with Crippen LogP contribution in [0.3, 0.4) is 0 Å². The second-order valence-electron chi connectivity index (χ2n) is 5.93. The minimum absolute atomic E-state index is 0.0305. The van der Waals surface area contributed by atoms with Gasteiger partial charge in [0.25, 0.3) is 11.8 Å². The van der Waals surface area contributed by atoms with E-state index >= 15 is 0 Å². The van der Waals surface area contributed by atoms with Gasteiger partial charge >= 0.3 is 5.97 Å². The maximum absolute atomic E-state index is 12.3. The van der Waals surface area contributed by atoms with Gasteiger partial charge in [0.15, 0.2) is 0 Å². The molecule has 7 nitrogen and oxygen atoms in total. The fraction of sp³-hybridized carbons (Fsp3) is 0.263. The van der Waals surface area contributed by atoms with Crippen molar-refractivity contribution in [2.24, 2.45) is 0 Å². The van der Waals surface area contributed by atoms with E-state index in [1.165, 1.54) is 11.3 Å². The normalized spacial score (nSPS) is 12.9. The Morgan fingerprint density at radius 2 is 1.78 bits per heavy atom. The van der Waals surface area contributed by atoms with Crippen LogP contribution in [0.5, 0.6) is 0 Å². The molecule has 0 unspecified atom stereocenters. The lowest BCUT2D eigenvalue weighted by atomic mass is 10.1. The molecule has 0 aliphatic carbocycles. The van der Waals surface area contributed by atoms with Gasteiger partial charge in [0.05, 0.1) is 23.3 Å². The molecule has 2 aromatic rings. The molecule has 1 aliphatic rings. The molecule has 1 aromatic carbocycles. The lowest BCUT2D eigenvalue weighted by molar-refractivity contribution is -0.116. The number of carbonyl (C=O) groups excluding carboxylic acids is 4. The zero-order chi connectivity index (χ0) is 19.6. The Kier molecular flexibility index (Phi) is 5.36. The van der Waals surface area contributed by atoms with Gasteiger partial charge in [-0.15, -0.1) is 11.3 Å². The Labute approximate surface area is 159 Å². The van der Waals surface area contributed by atoms with Crippen molar-refractivity contribution < 1.29 is 23.9 Å². The summed E-state index contributed by atoms with van der Waals surface area (Å²) in [6.45, 7) is 3.73. The van der Waals surface area contributed by atoms with Gasteiger partial charge in [-0.3, -0.25) is 19.3 Å². The number of carbonyl (C=O) groups is 4. The quantitative estimate of drug-likeness (QED) is 0.609. The van der Waals surface area contributed by atoms with Crippen molar-refractivity contribution in [2.45, 2.75) is 20.3 Å². The molecule has 0 spiro atoms. The molecular formula is C19H18N2O5S. The molecule has 0 atom stereocenters. The Morgan fingerprint density at radius 3 is 2.37 bits per heavy atom. The van der Waals surface area contributed by atoms with Crippen LogP contribution in [-0.2, 0) is 9.53 Å². The Bertz CT molecular complexity index is 899. The fourth-order valence-corrected chi connectivity index (χ4v) is 3.73. The first-order chi connectivity index (χ1) is 12.9. The predicted molar refractivity (Wildman–Crippen MR) is 100 cm³/mol. The summed E-state index contributed by atoms with van der Waals surface area (Å²) in [5.41, 5.74) is 0.996. The summed E-state index contributed by atoms with van der Waals surface area (Å²) in [5.74, 6) is -1.69. The molecule has 0 saturated carbocycles. The van der Waals surface area contributed by atoms with Crippen LogP contribution < -0.4 is 5.32 Å². The minimum atomic E-state index is -0.502. The van der Waals surface area contributed by atoms with Crippen molar-refractivity contribution in [3.05, 3.63) is 51.9 Å². The Hall–Kier alpha value is -3.00. The monoisotopic (exact) mass is 386 g/mol. The Balaban J connectivity index is 1.64. The second-order valence-corrected chi connectivity index (χ2v) is 7.18. The fourth-order valence-electron chi connectivity index (χ4n) is 2.81. The van der Waals surface area contributed by atoms with Gasteiger partial charge in [0.2, 0.25) is 5.91 Å². The smallest absolute Gasteiger partial charge is 0.341 e. The maximum atomic E-state index is 12.3. The topological polar surface area (TPSA) is 92.8 Å². The van der Waals surface area contributed by atoms with E-state index in [1.807, 2.05) is 6.92 Å². The SMILES string of the molecule is CCOC(=O)c1cc(C)sc1NC(=O)CCN1C(=O)c2ccccc2C1=O. The summed E-state index contributed by atoms with van der Waals surface area (Å²) in [6, 6.07) is 8.22. The van der Waals surface area contributed by atoms with Crippen LogP contribution in [0.15, 0.2) is 30.3 Å². The van der Waals surface area contributed by atoms with Gasteiger partial charge in [-0.05, 0) is 32.0 Å². The van der Waals surface area contributed by atoms with Gasteiger partial charge in [-0.25, -0.2) is 4.79 Å². The number of hydrogen-bond donors (Lipinski definition) is 1. The minimum Gasteiger partial charge on any atom is -0.462 e. The third-order valence-corrected chi connectivity index (χ3v) is 5.01. The number of thiophene rings is 1. The van der Waals surface area contributed by atoms with Crippen LogP contribution in [0.2, 0.25) is 0 Å². The lowest BCUT2D eigenvalue weighted by Gasteiger charge is -2.13. The van der Waals surface area contributed by atoms with Crippen molar-refractivity contribution in [3.8, 4) is 0 Å². The van der Waals surface area contributed by atoms with E-state index in [-0.39, 0.29) is 25.5 Å². The number of imide groups is 1. The van der Waals surface area contributed by atoms with Gasteiger partial charge in [0, 0.05) is 17.8 Å². The van der Waals surface area contributed by atoms with Crippen molar-refractivity contribution in [1.29, 1.82) is 0 Å². The van der Waals surface area contributed by atoms with E-state index in [0.29, 0.717) is 21.7 Å². The highest BCUT2D eigenvalue weighted by Crippen LogP contribution is 2.28. The molecule has 0 radical (unpaired) electrons. The van der Waals surface area contributed by atoms with Crippen LogP contribution in [0, 0.1) is 6.92 Å². The van der Waals surface area contributed by atoms with Crippen LogP contribution in [0.25, 0.3) is 0 Å².